The highest BCUT2D eigenvalue weighted by molar-refractivity contribution is 4.96. The molecule has 1 aromatic heterocycles. The lowest BCUT2D eigenvalue weighted by molar-refractivity contribution is 0.300. The number of hydrogen-bond acceptors (Lipinski definition) is 3. The Kier molecular flexibility index (Phi) is 3.16. The molecule has 2 heterocycles. The van der Waals surface area contributed by atoms with Crippen LogP contribution in [0.5, 0.6) is 0 Å². The summed E-state index contributed by atoms with van der Waals surface area (Å²) < 4.78 is 0. The van der Waals surface area contributed by atoms with Gasteiger partial charge in [-0.1, -0.05) is 0 Å². The SMILES string of the molecule is CN1CCCC1CNCc1ccn[nH]1. The topological polar surface area (TPSA) is 44.0 Å². The van der Waals surface area contributed by atoms with E-state index in [0.29, 0.717) is 0 Å². The van der Waals surface area contributed by atoms with Crippen LogP contribution in [-0.2, 0) is 6.54 Å². The van der Waals surface area contributed by atoms with E-state index >= 15 is 0 Å². The molecule has 1 fully saturated rings. The lowest BCUT2D eigenvalue weighted by Crippen LogP contribution is -2.35. The second-order valence-electron chi connectivity index (χ2n) is 3.99. The molecule has 1 aromatic rings. The Morgan fingerprint density at radius 3 is 3.29 bits per heavy atom. The fraction of sp³-hybridized carbons (Fsp3) is 0.700. The first kappa shape index (κ1) is 9.68. The van der Waals surface area contributed by atoms with E-state index in [0.717, 1.165) is 24.8 Å². The average Bonchev–Trinajstić information content (AvgIpc) is 2.78. The normalized spacial score (nSPS) is 23.1. The van der Waals surface area contributed by atoms with Crippen LogP contribution in [0.2, 0.25) is 0 Å². The Morgan fingerprint density at radius 1 is 1.71 bits per heavy atom. The summed E-state index contributed by atoms with van der Waals surface area (Å²) in [6.45, 7) is 3.22. The molecule has 0 aromatic carbocycles. The van der Waals surface area contributed by atoms with E-state index in [1.165, 1.54) is 19.4 Å². The minimum atomic E-state index is 0.720. The first-order valence-electron chi connectivity index (χ1n) is 5.25. The maximum atomic E-state index is 3.91. The molecule has 0 saturated carbocycles. The first-order chi connectivity index (χ1) is 6.86. The van der Waals surface area contributed by atoms with Crippen LogP contribution in [0.25, 0.3) is 0 Å². The molecule has 0 bridgehead atoms. The summed E-state index contributed by atoms with van der Waals surface area (Å²) >= 11 is 0. The summed E-state index contributed by atoms with van der Waals surface area (Å²) in [5.41, 5.74) is 1.16. The third-order valence-corrected chi connectivity index (χ3v) is 2.93. The second-order valence-corrected chi connectivity index (χ2v) is 3.99. The highest BCUT2D eigenvalue weighted by Crippen LogP contribution is 2.13. The van der Waals surface area contributed by atoms with Crippen molar-refractivity contribution in [2.75, 3.05) is 20.1 Å². The van der Waals surface area contributed by atoms with E-state index in [4.69, 9.17) is 0 Å². The molecule has 78 valence electrons. The van der Waals surface area contributed by atoms with Crippen molar-refractivity contribution in [3.63, 3.8) is 0 Å². The Morgan fingerprint density at radius 2 is 2.64 bits per heavy atom. The number of likely N-dealkylation sites (N-methyl/N-ethyl adjacent to an activating group) is 1. The molecule has 0 spiro atoms. The van der Waals surface area contributed by atoms with Gasteiger partial charge < -0.3 is 10.2 Å². The van der Waals surface area contributed by atoms with Gasteiger partial charge in [0.2, 0.25) is 0 Å². The maximum Gasteiger partial charge on any atom is 0.0490 e. The van der Waals surface area contributed by atoms with Crippen molar-refractivity contribution in [1.82, 2.24) is 20.4 Å². The predicted molar refractivity (Wildman–Crippen MR) is 55.9 cm³/mol. The molecule has 0 amide bonds. The van der Waals surface area contributed by atoms with Gasteiger partial charge in [0, 0.05) is 31.0 Å². The number of hydrogen-bond donors (Lipinski definition) is 2. The van der Waals surface area contributed by atoms with E-state index in [-0.39, 0.29) is 0 Å². The van der Waals surface area contributed by atoms with Crippen LogP contribution in [0.15, 0.2) is 12.3 Å². The Labute approximate surface area is 84.7 Å². The van der Waals surface area contributed by atoms with Gasteiger partial charge >= 0.3 is 0 Å². The summed E-state index contributed by atoms with van der Waals surface area (Å²) in [5, 5.41) is 10.3. The van der Waals surface area contributed by atoms with Crippen molar-refractivity contribution in [1.29, 1.82) is 0 Å². The van der Waals surface area contributed by atoms with Crippen molar-refractivity contribution < 1.29 is 0 Å². The lowest BCUT2D eigenvalue weighted by Gasteiger charge is -2.19. The highest BCUT2D eigenvalue weighted by Gasteiger charge is 2.19. The Balaban J connectivity index is 1.68. The largest absolute Gasteiger partial charge is 0.310 e. The van der Waals surface area contributed by atoms with Crippen LogP contribution in [0, 0.1) is 0 Å². The number of rotatable bonds is 4. The lowest BCUT2D eigenvalue weighted by atomic mass is 10.2. The number of H-pyrrole nitrogens is 1. The van der Waals surface area contributed by atoms with Gasteiger partial charge in [0.15, 0.2) is 0 Å². The summed E-state index contributed by atoms with van der Waals surface area (Å²) in [5.74, 6) is 0. The van der Waals surface area contributed by atoms with Crippen molar-refractivity contribution in [3.8, 4) is 0 Å². The van der Waals surface area contributed by atoms with Crippen molar-refractivity contribution in [2.45, 2.75) is 25.4 Å². The van der Waals surface area contributed by atoms with Gasteiger partial charge in [0.1, 0.15) is 0 Å². The number of likely N-dealkylation sites (tertiary alicyclic amines) is 1. The van der Waals surface area contributed by atoms with Gasteiger partial charge in [-0.3, -0.25) is 5.10 Å². The molecule has 2 rings (SSSR count). The average molecular weight is 194 g/mol. The van der Waals surface area contributed by atoms with Crippen LogP contribution in [-0.4, -0.2) is 41.3 Å². The molecular formula is C10H18N4. The molecule has 4 heteroatoms. The zero-order valence-corrected chi connectivity index (χ0v) is 8.66. The zero-order valence-electron chi connectivity index (χ0n) is 8.66. The molecule has 1 aliphatic rings. The fourth-order valence-electron chi connectivity index (χ4n) is 1.99. The maximum absolute atomic E-state index is 3.91. The third-order valence-electron chi connectivity index (χ3n) is 2.93. The molecule has 0 aliphatic carbocycles. The van der Waals surface area contributed by atoms with Gasteiger partial charge in [-0.05, 0) is 32.5 Å². The molecule has 0 radical (unpaired) electrons. The van der Waals surface area contributed by atoms with Gasteiger partial charge in [-0.15, -0.1) is 0 Å². The highest BCUT2D eigenvalue weighted by atomic mass is 15.2. The quantitative estimate of drug-likeness (QED) is 0.737. The first-order valence-corrected chi connectivity index (χ1v) is 5.25. The third kappa shape index (κ3) is 2.33. The molecule has 1 saturated heterocycles. The van der Waals surface area contributed by atoms with Gasteiger partial charge in [0.05, 0.1) is 0 Å². The molecule has 1 aliphatic heterocycles. The zero-order chi connectivity index (χ0) is 9.80. The van der Waals surface area contributed by atoms with Crippen LogP contribution in [0.1, 0.15) is 18.5 Å². The summed E-state index contributed by atoms with van der Waals surface area (Å²) in [7, 11) is 2.20. The van der Waals surface area contributed by atoms with E-state index in [1.54, 1.807) is 6.20 Å². The second kappa shape index (κ2) is 4.57. The number of aromatic amines is 1. The molecule has 1 unspecified atom stereocenters. The van der Waals surface area contributed by atoms with E-state index in [9.17, 15) is 0 Å². The molecule has 2 N–H and O–H groups in total. The smallest absolute Gasteiger partial charge is 0.0490 e. The number of nitrogens with one attached hydrogen (secondary N) is 2. The predicted octanol–water partition coefficient (Wildman–Crippen LogP) is 0.593. The van der Waals surface area contributed by atoms with E-state index in [1.807, 2.05) is 6.07 Å². The number of aromatic nitrogens is 2. The van der Waals surface area contributed by atoms with Crippen LogP contribution in [0.4, 0.5) is 0 Å². The molecular weight excluding hydrogens is 176 g/mol. The monoisotopic (exact) mass is 194 g/mol. The molecule has 4 nitrogen and oxygen atoms in total. The summed E-state index contributed by atoms with van der Waals surface area (Å²) in [6, 6.07) is 2.73. The standard InChI is InChI=1S/C10H18N4/c1-14-6-2-3-10(14)8-11-7-9-4-5-12-13-9/h4-5,10-11H,2-3,6-8H2,1H3,(H,12,13). The summed E-state index contributed by atoms with van der Waals surface area (Å²) in [4.78, 5) is 2.43. The molecule has 14 heavy (non-hydrogen) atoms. The van der Waals surface area contributed by atoms with Crippen LogP contribution >= 0.6 is 0 Å². The molecule has 1 atom stereocenters. The van der Waals surface area contributed by atoms with Crippen LogP contribution in [0.3, 0.4) is 0 Å². The van der Waals surface area contributed by atoms with Crippen molar-refractivity contribution in [3.05, 3.63) is 18.0 Å². The number of nitrogens with zero attached hydrogens (tertiary/aromatic N) is 2. The van der Waals surface area contributed by atoms with Crippen LogP contribution < -0.4 is 5.32 Å². The summed E-state index contributed by atoms with van der Waals surface area (Å²) in [6.07, 6.45) is 4.46. The minimum absolute atomic E-state index is 0.720. The van der Waals surface area contributed by atoms with Gasteiger partial charge in [0.25, 0.3) is 0 Å². The van der Waals surface area contributed by atoms with E-state index in [2.05, 4.69) is 27.5 Å². The van der Waals surface area contributed by atoms with Gasteiger partial charge in [-0.25, -0.2) is 0 Å². The van der Waals surface area contributed by atoms with Crippen molar-refractivity contribution in [2.24, 2.45) is 0 Å². The Bertz CT molecular complexity index is 257. The Hall–Kier alpha value is -0.870. The van der Waals surface area contributed by atoms with Gasteiger partial charge in [-0.2, -0.15) is 5.10 Å². The fourth-order valence-corrected chi connectivity index (χ4v) is 1.99. The van der Waals surface area contributed by atoms with E-state index < -0.39 is 0 Å². The minimum Gasteiger partial charge on any atom is -0.310 e. The van der Waals surface area contributed by atoms with Crippen molar-refractivity contribution >= 4 is 0 Å².